The topological polar surface area (TPSA) is 20.3 Å². The van der Waals surface area contributed by atoms with Crippen molar-refractivity contribution in [3.05, 3.63) is 23.8 Å². The molecule has 0 atom stereocenters. The minimum atomic E-state index is 0.100. The van der Waals surface area contributed by atoms with E-state index in [2.05, 4.69) is 6.58 Å². The number of carbonyl (C=O) groups excluding carboxylic acids is 1. The van der Waals surface area contributed by atoms with Gasteiger partial charge < -0.3 is 4.90 Å². The Kier molecular flexibility index (Phi) is 5.34. The van der Waals surface area contributed by atoms with Crippen molar-refractivity contribution in [2.24, 2.45) is 5.92 Å². The van der Waals surface area contributed by atoms with Gasteiger partial charge in [-0.3, -0.25) is 4.79 Å². The molecule has 0 aromatic rings. The molecule has 0 aliphatic heterocycles. The first-order valence-corrected chi connectivity index (χ1v) is 5.41. The van der Waals surface area contributed by atoms with Gasteiger partial charge in [-0.2, -0.15) is 0 Å². The van der Waals surface area contributed by atoms with E-state index in [4.69, 9.17) is 0 Å². The molecule has 0 heterocycles. The lowest BCUT2D eigenvalue weighted by molar-refractivity contribution is -0.127. The molecule has 0 aliphatic carbocycles. The molecule has 86 valence electrons. The van der Waals surface area contributed by atoms with Gasteiger partial charge in [-0.15, -0.1) is 0 Å². The first-order valence-electron chi connectivity index (χ1n) is 5.41. The van der Waals surface area contributed by atoms with E-state index in [1.165, 1.54) is 0 Å². The number of hydrogen-bond acceptors (Lipinski definition) is 1. The van der Waals surface area contributed by atoms with Gasteiger partial charge >= 0.3 is 0 Å². The van der Waals surface area contributed by atoms with Crippen LogP contribution in [0.25, 0.3) is 0 Å². The smallest absolute Gasteiger partial charge is 0.250 e. The number of amides is 1. The molecule has 2 nitrogen and oxygen atoms in total. The summed E-state index contributed by atoms with van der Waals surface area (Å²) in [7, 11) is 1.83. The second kappa shape index (κ2) is 5.74. The molecule has 0 radical (unpaired) electrons. The van der Waals surface area contributed by atoms with E-state index in [0.29, 0.717) is 0 Å². The Labute approximate surface area is 93.7 Å². The summed E-state index contributed by atoms with van der Waals surface area (Å²) in [4.78, 5) is 13.8. The molecule has 2 heteroatoms. The molecule has 0 aromatic heterocycles. The van der Waals surface area contributed by atoms with Gasteiger partial charge in [0, 0.05) is 18.7 Å². The van der Waals surface area contributed by atoms with Gasteiger partial charge in [-0.1, -0.05) is 32.1 Å². The lowest BCUT2D eigenvalue weighted by Gasteiger charge is -2.24. The van der Waals surface area contributed by atoms with Crippen molar-refractivity contribution in [2.45, 2.75) is 40.7 Å². The molecule has 0 spiro atoms. The number of carbonyl (C=O) groups is 1. The second-order valence-electron chi connectivity index (χ2n) is 4.61. The Morgan fingerprint density at radius 2 is 1.73 bits per heavy atom. The van der Waals surface area contributed by atoms with Crippen molar-refractivity contribution < 1.29 is 4.79 Å². The first kappa shape index (κ1) is 13.9. The molecule has 0 rings (SSSR count). The van der Waals surface area contributed by atoms with Crippen LogP contribution in [-0.4, -0.2) is 23.9 Å². The molecular weight excluding hydrogens is 186 g/mol. The van der Waals surface area contributed by atoms with E-state index < -0.39 is 0 Å². The molecule has 15 heavy (non-hydrogen) atoms. The summed E-state index contributed by atoms with van der Waals surface area (Å²) < 4.78 is 0. The molecule has 0 aromatic carbocycles. The maximum atomic E-state index is 12.1. The third kappa shape index (κ3) is 4.32. The predicted octanol–water partition coefficient (Wildman–Crippen LogP) is 3.01. The second-order valence-corrected chi connectivity index (χ2v) is 4.61. The van der Waals surface area contributed by atoms with E-state index >= 15 is 0 Å². The van der Waals surface area contributed by atoms with E-state index in [0.717, 1.165) is 11.1 Å². The number of likely N-dealkylation sites (N-methyl/N-ethyl adjacent to an activating group) is 1. The van der Waals surface area contributed by atoms with Gasteiger partial charge in [0.1, 0.15) is 0 Å². The van der Waals surface area contributed by atoms with Crippen molar-refractivity contribution in [3.8, 4) is 0 Å². The van der Waals surface area contributed by atoms with Crippen LogP contribution in [0.2, 0.25) is 0 Å². The number of allylic oxidation sites excluding steroid dienone is 2. The maximum Gasteiger partial charge on any atom is 0.250 e. The fraction of sp³-hybridized carbons (Fsp3) is 0.615. The highest BCUT2D eigenvalue weighted by Gasteiger charge is 2.19. The van der Waals surface area contributed by atoms with Crippen LogP contribution in [0.3, 0.4) is 0 Å². The highest BCUT2D eigenvalue weighted by Crippen LogP contribution is 2.15. The van der Waals surface area contributed by atoms with Crippen LogP contribution in [-0.2, 0) is 4.79 Å². The Bertz CT molecular complexity index is 274. The lowest BCUT2D eigenvalue weighted by atomic mass is 9.99. The minimum absolute atomic E-state index is 0.100. The van der Waals surface area contributed by atoms with E-state index in [1.807, 2.05) is 47.7 Å². The zero-order valence-corrected chi connectivity index (χ0v) is 10.8. The Morgan fingerprint density at radius 1 is 1.27 bits per heavy atom. The Hall–Kier alpha value is -1.05. The zero-order chi connectivity index (χ0) is 12.2. The van der Waals surface area contributed by atoms with Gasteiger partial charge in [-0.25, -0.2) is 0 Å². The molecule has 0 fully saturated rings. The summed E-state index contributed by atoms with van der Waals surface area (Å²) in [5.41, 5.74) is 1.75. The van der Waals surface area contributed by atoms with Crippen molar-refractivity contribution >= 4 is 5.91 Å². The summed E-state index contributed by atoms with van der Waals surface area (Å²) in [6.07, 6.45) is 1.88. The average molecular weight is 209 g/mol. The van der Waals surface area contributed by atoms with E-state index in [9.17, 15) is 4.79 Å². The van der Waals surface area contributed by atoms with Gasteiger partial charge in [0.05, 0.1) is 0 Å². The standard InChI is InChI=1S/C13H23NO/c1-9(2)8-12(10(3)4)13(15)14(7)11(5)6/h8,10-11H,1H2,2-7H3/b12-8-. The van der Waals surface area contributed by atoms with Crippen molar-refractivity contribution in [1.82, 2.24) is 4.90 Å². The monoisotopic (exact) mass is 209 g/mol. The highest BCUT2D eigenvalue weighted by molar-refractivity contribution is 5.94. The van der Waals surface area contributed by atoms with Gasteiger partial charge in [0.15, 0.2) is 0 Å². The fourth-order valence-corrected chi connectivity index (χ4v) is 1.18. The van der Waals surface area contributed by atoms with Crippen LogP contribution in [0, 0.1) is 5.92 Å². The molecule has 0 saturated heterocycles. The predicted molar refractivity (Wildman–Crippen MR) is 65.6 cm³/mol. The Morgan fingerprint density at radius 3 is 2.00 bits per heavy atom. The zero-order valence-electron chi connectivity index (χ0n) is 10.8. The van der Waals surface area contributed by atoms with Crippen molar-refractivity contribution in [1.29, 1.82) is 0 Å². The normalized spacial score (nSPS) is 12.1. The number of nitrogens with zero attached hydrogens (tertiary/aromatic N) is 1. The van der Waals surface area contributed by atoms with Crippen LogP contribution in [0.15, 0.2) is 23.8 Å². The van der Waals surface area contributed by atoms with Crippen LogP contribution >= 0.6 is 0 Å². The summed E-state index contributed by atoms with van der Waals surface area (Å²) in [5, 5.41) is 0. The number of rotatable bonds is 4. The third-order valence-corrected chi connectivity index (χ3v) is 2.37. The SMILES string of the molecule is C=C(C)/C=C(\C(=O)N(C)C(C)C)C(C)C. The molecule has 0 unspecified atom stereocenters. The molecule has 0 bridgehead atoms. The molecule has 0 aliphatic rings. The fourth-order valence-electron chi connectivity index (χ4n) is 1.18. The van der Waals surface area contributed by atoms with Crippen LogP contribution < -0.4 is 0 Å². The minimum Gasteiger partial charge on any atom is -0.340 e. The summed E-state index contributed by atoms with van der Waals surface area (Å²) >= 11 is 0. The first-order chi connectivity index (χ1) is 6.77. The summed E-state index contributed by atoms with van der Waals surface area (Å²) in [6, 6.07) is 0.227. The van der Waals surface area contributed by atoms with Gasteiger partial charge in [-0.05, 0) is 26.7 Å². The van der Waals surface area contributed by atoms with Crippen LogP contribution in [0.1, 0.15) is 34.6 Å². The Balaban J connectivity index is 4.96. The van der Waals surface area contributed by atoms with E-state index in [1.54, 1.807) is 4.90 Å². The third-order valence-electron chi connectivity index (χ3n) is 2.37. The quantitative estimate of drug-likeness (QED) is 0.515. The summed E-state index contributed by atoms with van der Waals surface area (Å²) in [6.45, 7) is 13.8. The van der Waals surface area contributed by atoms with Crippen molar-refractivity contribution in [3.63, 3.8) is 0 Å². The molecule has 0 saturated carbocycles. The summed E-state index contributed by atoms with van der Waals surface area (Å²) in [5.74, 6) is 0.332. The highest BCUT2D eigenvalue weighted by atomic mass is 16.2. The van der Waals surface area contributed by atoms with Crippen LogP contribution in [0.4, 0.5) is 0 Å². The van der Waals surface area contributed by atoms with Crippen molar-refractivity contribution in [2.75, 3.05) is 7.05 Å². The van der Waals surface area contributed by atoms with Gasteiger partial charge in [0.25, 0.3) is 0 Å². The molecular formula is C13H23NO. The van der Waals surface area contributed by atoms with E-state index in [-0.39, 0.29) is 17.9 Å². The largest absolute Gasteiger partial charge is 0.340 e. The van der Waals surface area contributed by atoms with Crippen LogP contribution in [0.5, 0.6) is 0 Å². The molecule has 1 amide bonds. The number of hydrogen-bond donors (Lipinski definition) is 0. The molecule has 0 N–H and O–H groups in total. The maximum absolute atomic E-state index is 12.1. The van der Waals surface area contributed by atoms with Gasteiger partial charge in [0.2, 0.25) is 5.91 Å². The lowest BCUT2D eigenvalue weighted by Crippen LogP contribution is -2.35. The average Bonchev–Trinajstić information content (AvgIpc) is 2.10.